The molecule has 0 aliphatic rings. The van der Waals surface area contributed by atoms with Gasteiger partial charge in [-0.15, -0.1) is 0 Å². The van der Waals surface area contributed by atoms with Crippen LogP contribution in [0.3, 0.4) is 0 Å². The Labute approximate surface area is 59.1 Å². The fraction of sp³-hybridized carbons (Fsp3) is 0.125. The molecule has 2 rings (SSSR count). The minimum atomic E-state index is 1.18. The van der Waals surface area contributed by atoms with Gasteiger partial charge in [-0.1, -0.05) is 0 Å². The van der Waals surface area contributed by atoms with E-state index in [0.29, 0.717) is 0 Å². The van der Waals surface area contributed by atoms with E-state index in [-0.39, 0.29) is 0 Å². The molecule has 2 heterocycles. The van der Waals surface area contributed by atoms with Crippen LogP contribution in [0.4, 0.5) is 0 Å². The number of hydrogen-bond acceptors (Lipinski definition) is 1. The van der Waals surface area contributed by atoms with E-state index in [2.05, 4.69) is 18.1 Å². The second-order valence-corrected chi connectivity index (χ2v) is 2.35. The van der Waals surface area contributed by atoms with Gasteiger partial charge in [0.15, 0.2) is 0 Å². The first-order valence-electron chi connectivity index (χ1n) is 3.27. The van der Waals surface area contributed by atoms with Gasteiger partial charge in [0.25, 0.3) is 0 Å². The summed E-state index contributed by atoms with van der Waals surface area (Å²) in [6.45, 7) is 2.08. The van der Waals surface area contributed by atoms with Gasteiger partial charge in [0, 0.05) is 12.4 Å². The third kappa shape index (κ3) is 0.620. The number of rotatable bonds is 0. The predicted octanol–water partition coefficient (Wildman–Crippen LogP) is 1.64. The van der Waals surface area contributed by atoms with Gasteiger partial charge in [-0.2, -0.15) is 5.10 Å². The standard InChI is InChI=1S/C8H8N2/c1-7-4-5-9-10-6-2-3-8(7)10/h2-6H,1H3. The smallest absolute Gasteiger partial charge is 0.0675 e. The van der Waals surface area contributed by atoms with Gasteiger partial charge in [-0.05, 0) is 30.7 Å². The zero-order valence-electron chi connectivity index (χ0n) is 5.78. The lowest BCUT2D eigenvalue weighted by Crippen LogP contribution is -1.88. The van der Waals surface area contributed by atoms with Crippen LogP contribution < -0.4 is 0 Å². The highest BCUT2D eigenvalue weighted by molar-refractivity contribution is 5.52. The number of nitrogens with zero attached hydrogens (tertiary/aromatic N) is 2. The summed E-state index contributed by atoms with van der Waals surface area (Å²) >= 11 is 0. The summed E-state index contributed by atoms with van der Waals surface area (Å²) in [7, 11) is 0. The normalized spacial score (nSPS) is 10.5. The monoisotopic (exact) mass is 132 g/mol. The summed E-state index contributed by atoms with van der Waals surface area (Å²) in [5, 5.41) is 4.12. The molecule has 0 aliphatic carbocycles. The van der Waals surface area contributed by atoms with Gasteiger partial charge in [0.05, 0.1) is 5.52 Å². The molecule has 0 spiro atoms. The Morgan fingerprint density at radius 1 is 1.40 bits per heavy atom. The molecule has 0 amide bonds. The minimum absolute atomic E-state index is 1.18. The van der Waals surface area contributed by atoms with Crippen molar-refractivity contribution < 1.29 is 0 Å². The lowest BCUT2D eigenvalue weighted by Gasteiger charge is -1.94. The second kappa shape index (κ2) is 1.84. The van der Waals surface area contributed by atoms with Crippen molar-refractivity contribution in [3.05, 3.63) is 36.2 Å². The highest BCUT2D eigenvalue weighted by atomic mass is 15.2. The highest BCUT2D eigenvalue weighted by Crippen LogP contribution is 2.06. The first kappa shape index (κ1) is 5.47. The van der Waals surface area contributed by atoms with Crippen molar-refractivity contribution in [1.29, 1.82) is 0 Å². The third-order valence-electron chi connectivity index (χ3n) is 1.65. The summed E-state index contributed by atoms with van der Waals surface area (Å²) in [6, 6.07) is 6.06. The summed E-state index contributed by atoms with van der Waals surface area (Å²) in [5.41, 5.74) is 2.45. The van der Waals surface area contributed by atoms with E-state index in [1.54, 1.807) is 0 Å². The Balaban J connectivity index is 2.95. The summed E-state index contributed by atoms with van der Waals surface area (Å²) < 4.78 is 1.87. The molecule has 0 unspecified atom stereocenters. The zero-order chi connectivity index (χ0) is 6.97. The van der Waals surface area contributed by atoms with Gasteiger partial charge in [0.1, 0.15) is 0 Å². The third-order valence-corrected chi connectivity index (χ3v) is 1.65. The molecule has 2 aromatic rings. The van der Waals surface area contributed by atoms with Crippen LogP contribution in [0, 0.1) is 6.92 Å². The molecule has 0 bridgehead atoms. The molecule has 2 heteroatoms. The van der Waals surface area contributed by atoms with E-state index < -0.39 is 0 Å². The van der Waals surface area contributed by atoms with E-state index in [4.69, 9.17) is 0 Å². The van der Waals surface area contributed by atoms with Crippen LogP contribution in [-0.4, -0.2) is 9.61 Å². The largest absolute Gasteiger partial charge is 0.241 e. The Morgan fingerprint density at radius 2 is 2.30 bits per heavy atom. The first-order chi connectivity index (χ1) is 4.88. The quantitative estimate of drug-likeness (QED) is 0.532. The van der Waals surface area contributed by atoms with E-state index in [1.807, 2.05) is 29.0 Å². The maximum Gasteiger partial charge on any atom is 0.0675 e. The van der Waals surface area contributed by atoms with Crippen molar-refractivity contribution in [2.24, 2.45) is 0 Å². The van der Waals surface area contributed by atoms with Crippen LogP contribution in [0.5, 0.6) is 0 Å². The van der Waals surface area contributed by atoms with Crippen LogP contribution in [0.2, 0.25) is 0 Å². The Morgan fingerprint density at radius 3 is 3.10 bits per heavy atom. The molecule has 0 fully saturated rings. The Bertz CT molecular complexity index is 349. The van der Waals surface area contributed by atoms with Gasteiger partial charge >= 0.3 is 0 Å². The van der Waals surface area contributed by atoms with E-state index >= 15 is 0 Å². The summed E-state index contributed by atoms with van der Waals surface area (Å²) in [4.78, 5) is 0. The molecule has 10 heavy (non-hydrogen) atoms. The fourth-order valence-corrected chi connectivity index (χ4v) is 1.09. The van der Waals surface area contributed by atoms with Crippen LogP contribution in [0.1, 0.15) is 5.56 Å². The van der Waals surface area contributed by atoms with Gasteiger partial charge < -0.3 is 0 Å². The zero-order valence-corrected chi connectivity index (χ0v) is 5.78. The molecular weight excluding hydrogens is 124 g/mol. The number of hydrogen-bond donors (Lipinski definition) is 0. The van der Waals surface area contributed by atoms with Crippen molar-refractivity contribution in [3.63, 3.8) is 0 Å². The molecule has 2 nitrogen and oxygen atoms in total. The average molecular weight is 132 g/mol. The van der Waals surface area contributed by atoms with Crippen LogP contribution in [0.25, 0.3) is 5.52 Å². The summed E-state index contributed by atoms with van der Waals surface area (Å²) in [5.74, 6) is 0. The molecule has 0 saturated carbocycles. The molecule has 0 radical (unpaired) electrons. The molecule has 0 aromatic carbocycles. The number of fused-ring (bicyclic) bond motifs is 1. The molecule has 0 atom stereocenters. The average Bonchev–Trinajstić information content (AvgIpc) is 2.36. The molecular formula is C8H8N2. The Hall–Kier alpha value is -1.31. The van der Waals surface area contributed by atoms with Gasteiger partial charge in [-0.3, -0.25) is 0 Å². The molecule has 50 valence electrons. The van der Waals surface area contributed by atoms with Crippen molar-refractivity contribution >= 4 is 5.52 Å². The number of aryl methyl sites for hydroxylation is 1. The van der Waals surface area contributed by atoms with Gasteiger partial charge in [0.2, 0.25) is 0 Å². The fourth-order valence-electron chi connectivity index (χ4n) is 1.09. The van der Waals surface area contributed by atoms with Crippen LogP contribution in [-0.2, 0) is 0 Å². The van der Waals surface area contributed by atoms with Crippen molar-refractivity contribution in [2.45, 2.75) is 6.92 Å². The summed E-state index contributed by atoms with van der Waals surface area (Å²) in [6.07, 6.45) is 3.75. The molecule has 0 N–H and O–H groups in total. The van der Waals surface area contributed by atoms with Gasteiger partial charge in [-0.25, -0.2) is 4.52 Å². The van der Waals surface area contributed by atoms with E-state index in [1.165, 1.54) is 11.1 Å². The lowest BCUT2D eigenvalue weighted by atomic mass is 10.3. The maximum absolute atomic E-state index is 4.12. The van der Waals surface area contributed by atoms with Crippen molar-refractivity contribution in [3.8, 4) is 0 Å². The highest BCUT2D eigenvalue weighted by Gasteiger charge is 1.92. The van der Waals surface area contributed by atoms with Crippen LogP contribution in [0.15, 0.2) is 30.6 Å². The van der Waals surface area contributed by atoms with Crippen molar-refractivity contribution in [1.82, 2.24) is 9.61 Å². The topological polar surface area (TPSA) is 17.3 Å². The minimum Gasteiger partial charge on any atom is -0.241 e. The predicted molar refractivity (Wildman–Crippen MR) is 39.9 cm³/mol. The van der Waals surface area contributed by atoms with Crippen LogP contribution >= 0.6 is 0 Å². The molecule has 2 aromatic heterocycles. The molecule has 0 saturated heterocycles. The van der Waals surface area contributed by atoms with Crippen molar-refractivity contribution in [2.75, 3.05) is 0 Å². The number of aromatic nitrogens is 2. The lowest BCUT2D eigenvalue weighted by molar-refractivity contribution is 0.934. The Kier molecular flexibility index (Phi) is 1.01. The second-order valence-electron chi connectivity index (χ2n) is 2.35. The van der Waals surface area contributed by atoms with E-state index in [0.717, 1.165) is 0 Å². The molecule has 0 aliphatic heterocycles. The maximum atomic E-state index is 4.12. The first-order valence-corrected chi connectivity index (χ1v) is 3.27. The van der Waals surface area contributed by atoms with E-state index in [9.17, 15) is 0 Å². The SMILES string of the molecule is Cc1ccnn2cccc12.